The van der Waals surface area contributed by atoms with Gasteiger partial charge >= 0.3 is 5.97 Å². The van der Waals surface area contributed by atoms with E-state index in [0.717, 1.165) is 0 Å². The number of thiocarbonyl (C=S) groups is 1. The van der Waals surface area contributed by atoms with Crippen molar-refractivity contribution in [1.29, 1.82) is 0 Å². The molecule has 0 fully saturated rings. The molecule has 3 nitrogen and oxygen atoms in total. The van der Waals surface area contributed by atoms with Gasteiger partial charge in [-0.2, -0.15) is 0 Å². The van der Waals surface area contributed by atoms with Crippen molar-refractivity contribution >= 4 is 23.6 Å². The first-order chi connectivity index (χ1) is 8.17. The number of benzene rings is 1. The molecule has 0 bridgehead atoms. The molecule has 1 rings (SSSR count). The molecule has 88 valence electrons. The minimum absolute atomic E-state index is 0.0386. The van der Waals surface area contributed by atoms with Gasteiger partial charge in [0.15, 0.2) is 0 Å². The van der Waals surface area contributed by atoms with Crippen LogP contribution in [0.1, 0.15) is 6.92 Å². The first-order valence-corrected chi connectivity index (χ1v) is 5.44. The molecule has 0 aliphatic rings. The largest absolute Gasteiger partial charge is 0.508 e. The van der Waals surface area contributed by atoms with Crippen LogP contribution in [0.2, 0.25) is 0 Å². The Morgan fingerprint density at radius 1 is 1.47 bits per heavy atom. The van der Waals surface area contributed by atoms with E-state index in [2.05, 4.69) is 0 Å². The fraction of sp³-hybridized carbons (Fsp3) is 0.0769. The normalized spacial score (nSPS) is 11.5. The van der Waals surface area contributed by atoms with Crippen molar-refractivity contribution in [1.82, 2.24) is 0 Å². The van der Waals surface area contributed by atoms with Crippen LogP contribution in [-0.2, 0) is 4.79 Å². The van der Waals surface area contributed by atoms with Gasteiger partial charge in [-0.15, -0.1) is 0 Å². The molecule has 0 saturated carbocycles. The smallest absolute Gasteiger partial charge is 0.344 e. The Morgan fingerprint density at radius 2 is 2.24 bits per heavy atom. The molecule has 0 amide bonds. The molecule has 1 aromatic rings. The average molecular weight is 248 g/mol. The van der Waals surface area contributed by atoms with Crippen molar-refractivity contribution < 1.29 is 14.6 Å². The van der Waals surface area contributed by atoms with E-state index in [1.54, 1.807) is 30.4 Å². The highest BCUT2D eigenvalue weighted by Gasteiger charge is 2.09. The standard InChI is InChI=1S/C13H12O3S/c1-2-3-5-10(9-17)13(15)16-12-7-4-6-11(14)8-12/h2-9,14H,1H3/b3-2-,10-5+. The van der Waals surface area contributed by atoms with Gasteiger partial charge in [-0.3, -0.25) is 0 Å². The zero-order valence-corrected chi connectivity index (χ0v) is 10.1. The van der Waals surface area contributed by atoms with Crippen LogP contribution in [0.25, 0.3) is 0 Å². The summed E-state index contributed by atoms with van der Waals surface area (Å²) in [6.45, 7) is 1.83. The number of hydrogen-bond donors (Lipinski definition) is 1. The monoisotopic (exact) mass is 248 g/mol. The predicted molar refractivity (Wildman–Crippen MR) is 70.3 cm³/mol. The third-order valence-electron chi connectivity index (χ3n) is 1.86. The van der Waals surface area contributed by atoms with Gasteiger partial charge in [0.25, 0.3) is 0 Å². The first-order valence-electron chi connectivity index (χ1n) is 4.96. The van der Waals surface area contributed by atoms with Gasteiger partial charge in [-0.05, 0) is 25.1 Å². The quantitative estimate of drug-likeness (QED) is 0.292. The van der Waals surface area contributed by atoms with Gasteiger partial charge in [0, 0.05) is 11.4 Å². The van der Waals surface area contributed by atoms with Crippen LogP contribution in [0.15, 0.2) is 48.1 Å². The number of phenolic OH excluding ortho intramolecular Hbond substituents is 1. The lowest BCUT2D eigenvalue weighted by Gasteiger charge is -2.04. The van der Waals surface area contributed by atoms with Crippen molar-refractivity contribution in [3.63, 3.8) is 0 Å². The highest BCUT2D eigenvalue weighted by molar-refractivity contribution is 7.79. The maximum atomic E-state index is 11.7. The Kier molecular flexibility index (Phi) is 5.10. The fourth-order valence-electron chi connectivity index (χ4n) is 1.07. The van der Waals surface area contributed by atoms with E-state index in [9.17, 15) is 9.90 Å². The summed E-state index contributed by atoms with van der Waals surface area (Å²) in [7, 11) is 0. The fourth-order valence-corrected chi connectivity index (χ4v) is 1.24. The van der Waals surface area contributed by atoms with Crippen molar-refractivity contribution in [2.24, 2.45) is 0 Å². The van der Waals surface area contributed by atoms with E-state index in [1.165, 1.54) is 17.5 Å². The van der Waals surface area contributed by atoms with Gasteiger partial charge in [-0.1, -0.05) is 30.4 Å². The number of carbonyl (C=O) groups is 1. The van der Waals surface area contributed by atoms with Crippen LogP contribution in [0.3, 0.4) is 0 Å². The van der Waals surface area contributed by atoms with Crippen molar-refractivity contribution in [2.75, 3.05) is 0 Å². The molecule has 0 aromatic heterocycles. The zero-order valence-electron chi connectivity index (χ0n) is 9.29. The summed E-state index contributed by atoms with van der Waals surface area (Å²) in [6, 6.07) is 6.01. The zero-order chi connectivity index (χ0) is 12.7. The molecule has 0 saturated heterocycles. The Hall–Kier alpha value is -1.94. The van der Waals surface area contributed by atoms with Crippen molar-refractivity contribution in [3.8, 4) is 11.5 Å². The van der Waals surface area contributed by atoms with Gasteiger partial charge < -0.3 is 9.84 Å². The molecule has 4 heteroatoms. The molecular weight excluding hydrogens is 236 g/mol. The lowest BCUT2D eigenvalue weighted by atomic mass is 10.2. The number of phenols is 1. The second-order valence-corrected chi connectivity index (χ2v) is 3.39. The maximum Gasteiger partial charge on any atom is 0.344 e. The van der Waals surface area contributed by atoms with Crippen LogP contribution < -0.4 is 4.74 Å². The van der Waals surface area contributed by atoms with Crippen LogP contribution in [0.4, 0.5) is 0 Å². The number of esters is 1. The molecule has 0 aliphatic heterocycles. The van der Waals surface area contributed by atoms with E-state index < -0.39 is 5.97 Å². The van der Waals surface area contributed by atoms with E-state index in [0.29, 0.717) is 0 Å². The number of carbonyl (C=O) groups excluding carboxylic acids is 1. The lowest BCUT2D eigenvalue weighted by Crippen LogP contribution is -2.11. The average Bonchev–Trinajstić information content (AvgIpc) is 2.30. The van der Waals surface area contributed by atoms with Crippen LogP contribution >= 0.6 is 12.2 Å². The summed E-state index contributed by atoms with van der Waals surface area (Å²) < 4.78 is 5.05. The highest BCUT2D eigenvalue weighted by Crippen LogP contribution is 2.18. The Morgan fingerprint density at radius 3 is 2.82 bits per heavy atom. The Labute approximate surface area is 105 Å². The van der Waals surface area contributed by atoms with Gasteiger partial charge in [0.05, 0.1) is 5.57 Å². The summed E-state index contributed by atoms with van der Waals surface area (Å²) >= 11 is 4.73. The number of rotatable bonds is 4. The molecule has 0 unspecified atom stereocenters. The van der Waals surface area contributed by atoms with Crippen LogP contribution in [0, 0.1) is 0 Å². The van der Waals surface area contributed by atoms with Crippen molar-refractivity contribution in [2.45, 2.75) is 6.92 Å². The summed E-state index contributed by atoms with van der Waals surface area (Å²) in [5.41, 5.74) is 0.279. The summed E-state index contributed by atoms with van der Waals surface area (Å²) in [6.07, 6.45) is 5.04. The third-order valence-corrected chi connectivity index (χ3v) is 2.11. The topological polar surface area (TPSA) is 46.5 Å². The van der Waals surface area contributed by atoms with E-state index in [-0.39, 0.29) is 17.1 Å². The molecule has 0 heterocycles. The minimum Gasteiger partial charge on any atom is -0.508 e. The minimum atomic E-state index is -0.552. The van der Waals surface area contributed by atoms with Crippen LogP contribution in [0.5, 0.6) is 11.5 Å². The van der Waals surface area contributed by atoms with E-state index >= 15 is 0 Å². The molecule has 1 aromatic carbocycles. The molecule has 0 aliphatic carbocycles. The van der Waals surface area contributed by atoms with Gasteiger partial charge in [0.1, 0.15) is 11.5 Å². The summed E-state index contributed by atoms with van der Waals surface area (Å²) in [4.78, 5) is 11.7. The Bertz CT molecular complexity index is 475. The second-order valence-electron chi connectivity index (χ2n) is 3.15. The number of aromatic hydroxyl groups is 1. The second kappa shape index (κ2) is 6.60. The number of ether oxygens (including phenoxy) is 1. The van der Waals surface area contributed by atoms with Gasteiger partial charge in [-0.25, -0.2) is 4.79 Å². The maximum absolute atomic E-state index is 11.7. The van der Waals surface area contributed by atoms with Gasteiger partial charge in [0.2, 0.25) is 0 Å². The van der Waals surface area contributed by atoms with E-state index in [4.69, 9.17) is 17.0 Å². The lowest BCUT2D eigenvalue weighted by molar-refractivity contribution is -0.129. The summed E-state index contributed by atoms with van der Waals surface area (Å²) in [5.74, 6) is -0.237. The number of allylic oxidation sites excluding steroid dienone is 3. The molecule has 17 heavy (non-hydrogen) atoms. The van der Waals surface area contributed by atoms with Crippen molar-refractivity contribution in [3.05, 3.63) is 48.1 Å². The third kappa shape index (κ3) is 4.20. The number of hydrogen-bond acceptors (Lipinski definition) is 4. The predicted octanol–water partition coefficient (Wildman–Crippen LogP) is 2.80. The molecule has 0 radical (unpaired) electrons. The van der Waals surface area contributed by atoms with E-state index in [1.807, 2.05) is 6.92 Å². The SMILES string of the molecule is C/C=C\C=C(/C=S)C(=O)Oc1cccc(O)c1. The van der Waals surface area contributed by atoms with Crippen LogP contribution in [-0.4, -0.2) is 16.4 Å². The molecular formula is C13H12O3S. The first kappa shape index (κ1) is 13.1. The summed E-state index contributed by atoms with van der Waals surface area (Å²) in [5, 5.41) is 10.5. The molecule has 0 atom stereocenters. The molecule has 0 spiro atoms. The Balaban J connectivity index is 2.81. The highest BCUT2D eigenvalue weighted by atomic mass is 32.1. The molecule has 1 N–H and O–H groups in total.